The molecule has 2 rings (SSSR count). The van der Waals surface area contributed by atoms with E-state index in [9.17, 15) is 14.7 Å². The van der Waals surface area contributed by atoms with Crippen molar-refractivity contribution in [3.63, 3.8) is 0 Å². The number of hydrogen-bond donors (Lipinski definition) is 2. The van der Waals surface area contributed by atoms with Crippen LogP contribution in [0, 0.1) is 15.9 Å². The van der Waals surface area contributed by atoms with Gasteiger partial charge in [0.1, 0.15) is 0 Å². The van der Waals surface area contributed by atoms with E-state index in [1.165, 1.54) is 0 Å². The molecule has 21 heavy (non-hydrogen) atoms. The molecule has 4 nitrogen and oxygen atoms in total. The number of aliphatic carboxylic acids is 1. The molecule has 1 aliphatic rings. The number of carbonyl (C=O) groups excluding carboxylic acids is 1. The quantitative estimate of drug-likeness (QED) is 0.751. The molecule has 0 heterocycles. The lowest BCUT2D eigenvalue weighted by atomic mass is 9.71. The molecule has 0 atom stereocenters. The summed E-state index contributed by atoms with van der Waals surface area (Å²) in [5, 5.41) is 12.4. The summed E-state index contributed by atoms with van der Waals surface area (Å²) in [6, 6.07) is 5.78. The second-order valence-electron chi connectivity index (χ2n) is 5.83. The van der Waals surface area contributed by atoms with Crippen LogP contribution < -0.4 is 5.32 Å². The molecule has 0 unspecified atom stereocenters. The number of carboxylic acids is 1. The molecule has 0 aliphatic heterocycles. The second-order valence-corrected chi connectivity index (χ2v) is 7.08. The highest BCUT2D eigenvalue weighted by Crippen LogP contribution is 2.39. The first kappa shape index (κ1) is 16.3. The largest absolute Gasteiger partial charge is 0.481 e. The van der Waals surface area contributed by atoms with Crippen LogP contribution in [-0.2, 0) is 9.59 Å². The summed E-state index contributed by atoms with van der Waals surface area (Å²) in [6.45, 7) is 1.94. The van der Waals surface area contributed by atoms with E-state index < -0.39 is 11.4 Å². The molecule has 0 aromatic heterocycles. The van der Waals surface area contributed by atoms with Gasteiger partial charge in [0.15, 0.2) is 0 Å². The van der Waals surface area contributed by atoms with Crippen molar-refractivity contribution in [2.75, 3.05) is 5.32 Å². The first-order valence-corrected chi connectivity index (χ1v) is 8.30. The number of hydrogen-bond acceptors (Lipinski definition) is 2. The fourth-order valence-electron chi connectivity index (χ4n) is 2.96. The molecule has 1 amide bonds. The Morgan fingerprint density at radius 2 is 1.95 bits per heavy atom. The Balaban J connectivity index is 2.07. The smallest absolute Gasteiger partial charge is 0.310 e. The average Bonchev–Trinajstić information content (AvgIpc) is 2.43. The highest BCUT2D eigenvalue weighted by atomic mass is 127. The predicted octanol–water partition coefficient (Wildman–Crippen LogP) is 3.96. The number of halogens is 1. The number of amides is 1. The third kappa shape index (κ3) is 3.96. The first-order valence-electron chi connectivity index (χ1n) is 7.22. The van der Waals surface area contributed by atoms with Crippen LogP contribution in [0.3, 0.4) is 0 Å². The lowest BCUT2D eigenvalue weighted by molar-refractivity contribution is -0.153. The van der Waals surface area contributed by atoms with Crippen LogP contribution in [0.5, 0.6) is 0 Å². The van der Waals surface area contributed by atoms with Crippen molar-refractivity contribution < 1.29 is 14.7 Å². The van der Waals surface area contributed by atoms with Gasteiger partial charge in [-0.15, -0.1) is 0 Å². The lowest BCUT2D eigenvalue weighted by Crippen LogP contribution is -2.37. The molecule has 0 spiro atoms. The molecule has 114 valence electrons. The molecule has 1 fully saturated rings. The molecule has 5 heteroatoms. The van der Waals surface area contributed by atoms with Crippen molar-refractivity contribution in [2.24, 2.45) is 5.41 Å². The Morgan fingerprint density at radius 1 is 1.29 bits per heavy atom. The van der Waals surface area contributed by atoms with Crippen LogP contribution in [0.1, 0.15) is 44.1 Å². The van der Waals surface area contributed by atoms with Gasteiger partial charge in [-0.25, -0.2) is 0 Å². The van der Waals surface area contributed by atoms with Crippen LogP contribution in [0.2, 0.25) is 0 Å². The predicted molar refractivity (Wildman–Crippen MR) is 90.3 cm³/mol. The maximum Gasteiger partial charge on any atom is 0.310 e. The van der Waals surface area contributed by atoms with Crippen molar-refractivity contribution in [3.8, 4) is 0 Å². The Hall–Kier alpha value is -1.11. The van der Waals surface area contributed by atoms with Crippen molar-refractivity contribution in [1.82, 2.24) is 0 Å². The maximum atomic E-state index is 12.3. The summed E-state index contributed by atoms with van der Waals surface area (Å²) < 4.78 is 1.11. The van der Waals surface area contributed by atoms with Crippen LogP contribution in [0.15, 0.2) is 18.2 Å². The van der Waals surface area contributed by atoms with Crippen LogP contribution in [0.25, 0.3) is 0 Å². The van der Waals surface area contributed by atoms with E-state index in [2.05, 4.69) is 27.9 Å². The number of carbonyl (C=O) groups is 2. The molecule has 2 N–H and O–H groups in total. The lowest BCUT2D eigenvalue weighted by Gasteiger charge is -2.32. The molecular weight excluding hydrogens is 381 g/mol. The minimum Gasteiger partial charge on any atom is -0.481 e. The fraction of sp³-hybridized carbons (Fsp3) is 0.500. The molecule has 0 bridgehead atoms. The third-order valence-electron chi connectivity index (χ3n) is 4.23. The monoisotopic (exact) mass is 401 g/mol. The Morgan fingerprint density at radius 3 is 2.52 bits per heavy atom. The van der Waals surface area contributed by atoms with E-state index in [0.717, 1.165) is 34.1 Å². The minimum atomic E-state index is -0.876. The highest BCUT2D eigenvalue weighted by molar-refractivity contribution is 14.1. The molecule has 1 aliphatic carbocycles. The van der Waals surface area contributed by atoms with Gasteiger partial charge in [0, 0.05) is 15.7 Å². The maximum absolute atomic E-state index is 12.3. The zero-order valence-electron chi connectivity index (χ0n) is 12.1. The number of aryl methyl sites for hydroxylation is 1. The Labute approximate surface area is 138 Å². The zero-order valence-corrected chi connectivity index (χ0v) is 14.3. The van der Waals surface area contributed by atoms with Gasteiger partial charge in [-0.05, 0) is 66.1 Å². The summed E-state index contributed by atoms with van der Waals surface area (Å²) in [6.07, 6.45) is 4.10. The molecule has 1 saturated carbocycles. The number of benzene rings is 1. The van der Waals surface area contributed by atoms with Crippen molar-refractivity contribution in [2.45, 2.75) is 45.4 Å². The van der Waals surface area contributed by atoms with Gasteiger partial charge in [-0.3, -0.25) is 9.59 Å². The minimum absolute atomic E-state index is 0.0633. The van der Waals surface area contributed by atoms with Gasteiger partial charge in [0.2, 0.25) is 5.91 Å². The molecular formula is C16H20INO3. The zero-order chi connectivity index (χ0) is 15.5. The fourth-order valence-corrected chi connectivity index (χ4v) is 3.61. The van der Waals surface area contributed by atoms with E-state index >= 15 is 0 Å². The van der Waals surface area contributed by atoms with Crippen LogP contribution >= 0.6 is 22.6 Å². The molecule has 1 aromatic rings. The van der Waals surface area contributed by atoms with E-state index in [1.54, 1.807) is 0 Å². The standard InChI is InChI=1S/C16H20INO3/c1-11-9-12(17)5-6-13(11)18-14(19)10-16(15(20)21)7-3-2-4-8-16/h5-6,9H,2-4,7-8,10H2,1H3,(H,18,19)(H,20,21). The van der Waals surface area contributed by atoms with Gasteiger partial charge >= 0.3 is 5.97 Å². The molecule has 0 radical (unpaired) electrons. The molecule has 0 saturated heterocycles. The van der Waals surface area contributed by atoms with Crippen molar-refractivity contribution in [1.29, 1.82) is 0 Å². The summed E-state index contributed by atoms with van der Waals surface area (Å²) in [7, 11) is 0. The van der Waals surface area contributed by atoms with E-state index in [0.29, 0.717) is 12.8 Å². The third-order valence-corrected chi connectivity index (χ3v) is 4.90. The summed E-state index contributed by atoms with van der Waals surface area (Å²) >= 11 is 2.22. The SMILES string of the molecule is Cc1cc(I)ccc1NC(=O)CC1(C(=O)O)CCCCC1. The van der Waals surface area contributed by atoms with Gasteiger partial charge < -0.3 is 10.4 Å². The first-order chi connectivity index (χ1) is 9.93. The second kappa shape index (κ2) is 6.77. The van der Waals surface area contributed by atoms with Gasteiger partial charge in [0.05, 0.1) is 5.41 Å². The number of nitrogens with one attached hydrogen (secondary N) is 1. The number of anilines is 1. The topological polar surface area (TPSA) is 66.4 Å². The van der Waals surface area contributed by atoms with E-state index in [-0.39, 0.29) is 12.3 Å². The van der Waals surface area contributed by atoms with E-state index in [1.807, 2.05) is 25.1 Å². The average molecular weight is 401 g/mol. The number of carboxylic acid groups (broad SMARTS) is 1. The van der Waals surface area contributed by atoms with Crippen molar-refractivity contribution >= 4 is 40.2 Å². The molecule has 1 aromatic carbocycles. The van der Waals surface area contributed by atoms with Crippen LogP contribution in [0.4, 0.5) is 5.69 Å². The normalized spacial score (nSPS) is 17.2. The van der Waals surface area contributed by atoms with Crippen molar-refractivity contribution in [3.05, 3.63) is 27.3 Å². The Bertz CT molecular complexity index is 550. The number of rotatable bonds is 4. The van der Waals surface area contributed by atoms with Crippen LogP contribution in [-0.4, -0.2) is 17.0 Å². The van der Waals surface area contributed by atoms with E-state index in [4.69, 9.17) is 0 Å². The Kier molecular flexibility index (Phi) is 5.24. The highest BCUT2D eigenvalue weighted by Gasteiger charge is 2.41. The van der Waals surface area contributed by atoms with Gasteiger partial charge in [-0.2, -0.15) is 0 Å². The summed E-state index contributed by atoms with van der Waals surface area (Å²) in [4.78, 5) is 23.8. The summed E-state index contributed by atoms with van der Waals surface area (Å²) in [5.41, 5.74) is 0.874. The van der Waals surface area contributed by atoms with Gasteiger partial charge in [0.25, 0.3) is 0 Å². The summed E-state index contributed by atoms with van der Waals surface area (Å²) in [5.74, 6) is -1.04. The van der Waals surface area contributed by atoms with Gasteiger partial charge in [-0.1, -0.05) is 19.3 Å².